The highest BCUT2D eigenvalue weighted by molar-refractivity contribution is 5.95. The molecule has 7 nitrogen and oxygen atoms in total. The van der Waals surface area contributed by atoms with Gasteiger partial charge in [0.25, 0.3) is 0 Å². The van der Waals surface area contributed by atoms with Crippen molar-refractivity contribution in [2.75, 3.05) is 20.3 Å². The normalized spacial score (nSPS) is 14.7. The Labute approximate surface area is 227 Å². The number of aryl methyl sites for hydroxylation is 1. The van der Waals surface area contributed by atoms with Crippen LogP contribution < -0.4 is 4.74 Å². The number of carbonyl (C=O) groups is 2. The molecule has 1 aliphatic heterocycles. The Kier molecular flexibility index (Phi) is 7.87. The third-order valence-corrected chi connectivity index (χ3v) is 6.79. The van der Waals surface area contributed by atoms with E-state index in [9.17, 15) is 9.59 Å². The van der Waals surface area contributed by atoms with E-state index < -0.39 is 12.0 Å². The molecule has 1 atom stereocenters. The summed E-state index contributed by atoms with van der Waals surface area (Å²) in [6.45, 7) is 2.69. The van der Waals surface area contributed by atoms with Crippen molar-refractivity contribution in [3.05, 3.63) is 113 Å². The molecule has 198 valence electrons. The second-order valence-corrected chi connectivity index (χ2v) is 9.30. The summed E-state index contributed by atoms with van der Waals surface area (Å²) in [5.41, 5.74) is 4.38. The Balaban J connectivity index is 1.30. The number of rotatable bonds is 8. The second kappa shape index (κ2) is 11.8. The highest BCUT2D eigenvalue weighted by Crippen LogP contribution is 2.34. The van der Waals surface area contributed by atoms with Crippen LogP contribution in [0.4, 0.5) is 0 Å². The fourth-order valence-corrected chi connectivity index (χ4v) is 4.74. The summed E-state index contributed by atoms with van der Waals surface area (Å²) in [7, 11) is 1.34. The molecule has 4 aromatic rings. The minimum absolute atomic E-state index is 0.248. The topological polar surface area (TPSA) is 81.9 Å². The second-order valence-electron chi connectivity index (χ2n) is 9.30. The lowest BCUT2D eigenvalue weighted by atomic mass is 9.92. The Morgan fingerprint density at radius 2 is 1.79 bits per heavy atom. The van der Waals surface area contributed by atoms with Gasteiger partial charge in [-0.25, -0.2) is 9.78 Å². The van der Waals surface area contributed by atoms with Crippen LogP contribution in [-0.4, -0.2) is 42.0 Å². The summed E-state index contributed by atoms with van der Waals surface area (Å²) in [4.78, 5) is 32.2. The predicted octanol–water partition coefficient (Wildman–Crippen LogP) is 5.58. The summed E-state index contributed by atoms with van der Waals surface area (Å²) in [6.07, 6.45) is 4.45. The molecular formula is C32H30N2O5. The molecule has 0 fully saturated rings. The van der Waals surface area contributed by atoms with Crippen molar-refractivity contribution < 1.29 is 23.5 Å². The molecule has 0 aliphatic carbocycles. The number of carbonyl (C=O) groups excluding carboxylic acids is 2. The van der Waals surface area contributed by atoms with Crippen LogP contribution in [0.15, 0.2) is 89.4 Å². The van der Waals surface area contributed by atoms with Crippen LogP contribution in [0.3, 0.4) is 0 Å². The molecule has 0 bridgehead atoms. The van der Waals surface area contributed by atoms with Gasteiger partial charge in [-0.1, -0.05) is 54.6 Å². The van der Waals surface area contributed by atoms with Crippen LogP contribution in [0, 0.1) is 6.92 Å². The number of oxazole rings is 1. The van der Waals surface area contributed by atoms with E-state index in [0.29, 0.717) is 37.6 Å². The summed E-state index contributed by atoms with van der Waals surface area (Å²) in [5.74, 6) is 1.22. The van der Waals surface area contributed by atoms with Crippen molar-refractivity contribution in [1.29, 1.82) is 0 Å². The molecule has 7 heteroatoms. The van der Waals surface area contributed by atoms with Gasteiger partial charge in [0.15, 0.2) is 6.04 Å². The fraction of sp³-hybridized carbons (Fsp3) is 0.219. The van der Waals surface area contributed by atoms with E-state index in [4.69, 9.17) is 13.9 Å². The maximum atomic E-state index is 13.1. The van der Waals surface area contributed by atoms with Gasteiger partial charge < -0.3 is 18.8 Å². The monoisotopic (exact) mass is 522 g/mol. The molecule has 0 spiro atoms. The number of nitrogens with zero attached hydrogens (tertiary/aromatic N) is 2. The highest BCUT2D eigenvalue weighted by Gasteiger charge is 2.36. The average molecular weight is 523 g/mol. The lowest BCUT2D eigenvalue weighted by molar-refractivity contribution is -0.152. The SMILES string of the molecule is COC(=O)C1c2cc(OCCc3nc(-c4ccccc4)oc3C)ccc2CCN1C(=O)C=Cc1ccccc1. The maximum Gasteiger partial charge on any atom is 0.333 e. The van der Waals surface area contributed by atoms with Crippen LogP contribution in [0.1, 0.15) is 34.2 Å². The third kappa shape index (κ3) is 5.93. The van der Waals surface area contributed by atoms with Crippen LogP contribution in [0.25, 0.3) is 17.5 Å². The molecule has 0 radical (unpaired) electrons. The summed E-state index contributed by atoms with van der Waals surface area (Å²) in [6, 6.07) is 24.2. The first-order chi connectivity index (χ1) is 19.0. The van der Waals surface area contributed by atoms with Crippen LogP contribution in [0.2, 0.25) is 0 Å². The number of amides is 1. The Bertz CT molecular complexity index is 1480. The minimum atomic E-state index is -0.846. The predicted molar refractivity (Wildman–Crippen MR) is 148 cm³/mol. The van der Waals surface area contributed by atoms with E-state index in [1.54, 1.807) is 11.0 Å². The molecule has 3 aromatic carbocycles. The molecule has 0 saturated heterocycles. The van der Waals surface area contributed by atoms with Crippen molar-refractivity contribution in [3.63, 3.8) is 0 Å². The maximum absolute atomic E-state index is 13.1. The van der Waals surface area contributed by atoms with Crippen molar-refractivity contribution in [3.8, 4) is 17.2 Å². The number of esters is 1. The molecular weight excluding hydrogens is 492 g/mol. The first-order valence-electron chi connectivity index (χ1n) is 12.9. The number of benzene rings is 3. The zero-order valence-electron chi connectivity index (χ0n) is 22.0. The molecule has 1 aliphatic rings. The van der Waals surface area contributed by atoms with Gasteiger partial charge in [-0.2, -0.15) is 0 Å². The quantitative estimate of drug-likeness (QED) is 0.222. The number of fused-ring (bicyclic) bond motifs is 1. The Morgan fingerprint density at radius 1 is 1.05 bits per heavy atom. The molecule has 5 rings (SSSR count). The van der Waals surface area contributed by atoms with Crippen molar-refractivity contribution in [2.45, 2.75) is 25.8 Å². The molecule has 39 heavy (non-hydrogen) atoms. The van der Waals surface area contributed by atoms with Crippen LogP contribution >= 0.6 is 0 Å². The first kappa shape index (κ1) is 26.0. The minimum Gasteiger partial charge on any atom is -0.493 e. The van der Waals surface area contributed by atoms with Gasteiger partial charge >= 0.3 is 5.97 Å². The van der Waals surface area contributed by atoms with E-state index in [1.165, 1.54) is 13.2 Å². The molecule has 2 heterocycles. The zero-order chi connectivity index (χ0) is 27.2. The van der Waals surface area contributed by atoms with E-state index in [1.807, 2.05) is 85.8 Å². The Morgan fingerprint density at radius 3 is 2.54 bits per heavy atom. The molecule has 1 aromatic heterocycles. The van der Waals surface area contributed by atoms with E-state index in [0.717, 1.165) is 33.7 Å². The summed E-state index contributed by atoms with van der Waals surface area (Å²) < 4.78 is 17.0. The number of methoxy groups -OCH3 is 1. The molecule has 0 N–H and O–H groups in total. The van der Waals surface area contributed by atoms with Crippen molar-refractivity contribution >= 4 is 18.0 Å². The van der Waals surface area contributed by atoms with E-state index in [-0.39, 0.29) is 5.91 Å². The van der Waals surface area contributed by atoms with Gasteiger partial charge in [0.05, 0.1) is 19.4 Å². The van der Waals surface area contributed by atoms with Gasteiger partial charge in [-0.05, 0) is 60.4 Å². The zero-order valence-corrected chi connectivity index (χ0v) is 22.0. The van der Waals surface area contributed by atoms with Crippen molar-refractivity contribution in [1.82, 2.24) is 9.88 Å². The lowest BCUT2D eigenvalue weighted by Crippen LogP contribution is -2.43. The highest BCUT2D eigenvalue weighted by atomic mass is 16.5. The largest absolute Gasteiger partial charge is 0.493 e. The number of hydrogen-bond acceptors (Lipinski definition) is 6. The fourth-order valence-electron chi connectivity index (χ4n) is 4.74. The first-order valence-corrected chi connectivity index (χ1v) is 12.9. The van der Waals surface area contributed by atoms with Crippen molar-refractivity contribution in [2.24, 2.45) is 0 Å². The van der Waals surface area contributed by atoms with Gasteiger partial charge in [-0.3, -0.25) is 4.79 Å². The Hall–Kier alpha value is -4.65. The lowest BCUT2D eigenvalue weighted by Gasteiger charge is -2.35. The van der Waals surface area contributed by atoms with Gasteiger partial charge in [0.1, 0.15) is 11.5 Å². The number of ether oxygens (including phenoxy) is 2. The number of aromatic nitrogens is 1. The molecule has 1 unspecified atom stereocenters. The summed E-state index contributed by atoms with van der Waals surface area (Å²) >= 11 is 0. The standard InChI is InChI=1S/C32H30N2O5/c1-22-28(33-31(39-22)25-11-7-4-8-12-25)18-20-38-26-15-14-24-17-19-34(30(27(24)21-26)32(36)37-2)29(35)16-13-23-9-5-3-6-10-23/h3-16,21,30H,17-20H2,1-2H3. The molecule has 0 saturated carbocycles. The third-order valence-electron chi connectivity index (χ3n) is 6.79. The van der Waals surface area contributed by atoms with E-state index in [2.05, 4.69) is 4.98 Å². The number of hydrogen-bond donors (Lipinski definition) is 0. The summed E-state index contributed by atoms with van der Waals surface area (Å²) in [5, 5.41) is 0. The van der Waals surface area contributed by atoms with Gasteiger partial charge in [0, 0.05) is 24.6 Å². The van der Waals surface area contributed by atoms with E-state index >= 15 is 0 Å². The van der Waals surface area contributed by atoms with Gasteiger partial charge in [0.2, 0.25) is 11.8 Å². The van der Waals surface area contributed by atoms with Crippen LogP contribution in [0.5, 0.6) is 5.75 Å². The molecule has 1 amide bonds. The van der Waals surface area contributed by atoms with Crippen LogP contribution in [-0.2, 0) is 27.2 Å². The average Bonchev–Trinajstić information content (AvgIpc) is 3.36. The van der Waals surface area contributed by atoms with Gasteiger partial charge in [-0.15, -0.1) is 0 Å². The smallest absolute Gasteiger partial charge is 0.333 e.